The number of carbonyl (C=O) groups is 2. The zero-order valence-electron chi connectivity index (χ0n) is 14.0. The van der Waals surface area contributed by atoms with Gasteiger partial charge in [0.1, 0.15) is 5.70 Å². The molecule has 2 heterocycles. The summed E-state index contributed by atoms with van der Waals surface area (Å²) in [6, 6.07) is 8.34. The molecule has 2 aromatic carbocycles. The van der Waals surface area contributed by atoms with Crippen LogP contribution in [0, 0.1) is 11.6 Å². The van der Waals surface area contributed by atoms with Crippen LogP contribution in [0.25, 0.3) is 11.3 Å². The molecule has 4 rings (SSSR count). The zero-order chi connectivity index (χ0) is 19.8. The summed E-state index contributed by atoms with van der Waals surface area (Å²) in [5.74, 6) is -4.74. The smallest absolute Gasteiger partial charge is 0.281 e. The Kier molecular flexibility index (Phi) is 4.36. The van der Waals surface area contributed by atoms with Gasteiger partial charge in [0.05, 0.1) is 16.9 Å². The first-order valence-corrected chi connectivity index (χ1v) is 8.92. The molecule has 0 bridgehead atoms. The lowest BCUT2D eigenvalue weighted by atomic mass is 10.1. The van der Waals surface area contributed by atoms with Crippen LogP contribution in [0.3, 0.4) is 0 Å². The number of nitrogens with zero attached hydrogens (tertiary/aromatic N) is 2. The number of aromatic hydroxyl groups is 1. The van der Waals surface area contributed by atoms with Crippen molar-refractivity contribution in [2.24, 2.45) is 0 Å². The molecule has 3 aromatic rings. The van der Waals surface area contributed by atoms with Gasteiger partial charge >= 0.3 is 0 Å². The number of hydrogen-bond donors (Lipinski definition) is 2. The van der Waals surface area contributed by atoms with E-state index < -0.39 is 29.2 Å². The molecule has 2 amide bonds. The molecule has 2 N–H and O–H groups in total. The molecule has 1 aromatic heterocycles. The van der Waals surface area contributed by atoms with E-state index in [0.29, 0.717) is 5.69 Å². The van der Waals surface area contributed by atoms with E-state index in [9.17, 15) is 18.4 Å². The first kappa shape index (κ1) is 17.8. The van der Waals surface area contributed by atoms with Gasteiger partial charge in [0.25, 0.3) is 11.8 Å². The van der Waals surface area contributed by atoms with Crippen LogP contribution in [0.5, 0.6) is 5.75 Å². The highest BCUT2D eigenvalue weighted by molar-refractivity contribution is 7.07. The molecule has 0 aliphatic carbocycles. The Morgan fingerprint density at radius 3 is 2.36 bits per heavy atom. The number of hydrogen-bond acceptors (Lipinski definition) is 6. The van der Waals surface area contributed by atoms with Crippen LogP contribution in [0.1, 0.15) is 0 Å². The quantitative estimate of drug-likeness (QED) is 0.517. The Morgan fingerprint density at radius 1 is 1.07 bits per heavy atom. The van der Waals surface area contributed by atoms with Gasteiger partial charge in [0, 0.05) is 34.8 Å². The Labute approximate surface area is 161 Å². The normalized spacial score (nSPS) is 13.8. The lowest BCUT2D eigenvalue weighted by Gasteiger charge is -2.16. The number of rotatable bonds is 4. The molecule has 1 aliphatic rings. The predicted molar refractivity (Wildman–Crippen MR) is 99.8 cm³/mol. The highest BCUT2D eigenvalue weighted by Crippen LogP contribution is 2.29. The third kappa shape index (κ3) is 3.12. The molecule has 0 saturated heterocycles. The van der Waals surface area contributed by atoms with Gasteiger partial charge in [-0.3, -0.25) is 9.59 Å². The van der Waals surface area contributed by atoms with Gasteiger partial charge in [-0.25, -0.2) is 18.7 Å². The van der Waals surface area contributed by atoms with E-state index in [0.717, 1.165) is 34.4 Å². The average molecular weight is 399 g/mol. The van der Waals surface area contributed by atoms with Crippen molar-refractivity contribution < 1.29 is 23.5 Å². The number of benzene rings is 2. The second-order valence-electron chi connectivity index (χ2n) is 5.87. The van der Waals surface area contributed by atoms with Gasteiger partial charge in [-0.2, -0.15) is 0 Å². The van der Waals surface area contributed by atoms with Crippen molar-refractivity contribution >= 4 is 34.5 Å². The fourth-order valence-corrected chi connectivity index (χ4v) is 3.30. The fraction of sp³-hybridized carbons (Fsp3) is 0. The van der Waals surface area contributed by atoms with Crippen molar-refractivity contribution in [1.82, 2.24) is 4.98 Å². The summed E-state index contributed by atoms with van der Waals surface area (Å²) in [6.07, 6.45) is 1.04. The standard InChI is InChI=1S/C19H11F2N3O3S/c20-13-5-11(6-14(21)18(13)26)23-15-7-17(25)24(19(15)27)12-3-1-10(2-4-12)16-8-28-9-22-16/h1-9,23,26H. The summed E-state index contributed by atoms with van der Waals surface area (Å²) in [6.45, 7) is 0. The molecule has 140 valence electrons. The number of aromatic nitrogens is 1. The third-order valence-corrected chi connectivity index (χ3v) is 4.66. The van der Waals surface area contributed by atoms with Crippen LogP contribution in [0.2, 0.25) is 0 Å². The van der Waals surface area contributed by atoms with Crippen LogP contribution in [0.4, 0.5) is 20.2 Å². The molecule has 0 radical (unpaired) electrons. The number of thiazole rings is 1. The molecule has 6 nitrogen and oxygen atoms in total. The zero-order valence-corrected chi connectivity index (χ0v) is 14.8. The Bertz CT molecular complexity index is 1090. The van der Waals surface area contributed by atoms with Crippen LogP contribution < -0.4 is 10.2 Å². The summed E-state index contributed by atoms with van der Waals surface area (Å²) in [5, 5.41) is 13.5. The van der Waals surface area contributed by atoms with E-state index in [1.54, 1.807) is 29.8 Å². The maximum Gasteiger partial charge on any atom is 0.281 e. The maximum atomic E-state index is 13.5. The van der Waals surface area contributed by atoms with Gasteiger partial charge < -0.3 is 10.4 Å². The second-order valence-corrected chi connectivity index (χ2v) is 6.59. The monoisotopic (exact) mass is 399 g/mol. The number of phenols is 1. The first-order valence-electron chi connectivity index (χ1n) is 7.98. The van der Waals surface area contributed by atoms with Gasteiger partial charge in [-0.05, 0) is 12.1 Å². The second kappa shape index (κ2) is 6.86. The van der Waals surface area contributed by atoms with Crippen molar-refractivity contribution in [3.8, 4) is 17.0 Å². The summed E-state index contributed by atoms with van der Waals surface area (Å²) in [5.41, 5.74) is 3.43. The minimum atomic E-state index is -1.19. The van der Waals surface area contributed by atoms with Crippen LogP contribution in [-0.2, 0) is 9.59 Å². The van der Waals surface area contributed by atoms with E-state index in [-0.39, 0.29) is 11.4 Å². The third-order valence-electron chi connectivity index (χ3n) is 4.07. The minimum Gasteiger partial charge on any atom is -0.503 e. The number of amides is 2. The van der Waals surface area contributed by atoms with Crippen molar-refractivity contribution in [1.29, 1.82) is 0 Å². The average Bonchev–Trinajstić information content (AvgIpc) is 3.29. The van der Waals surface area contributed by atoms with Crippen LogP contribution in [-0.4, -0.2) is 21.9 Å². The highest BCUT2D eigenvalue weighted by atomic mass is 32.1. The van der Waals surface area contributed by atoms with Gasteiger partial charge in [-0.15, -0.1) is 11.3 Å². The fourth-order valence-electron chi connectivity index (χ4n) is 2.73. The molecule has 0 fully saturated rings. The molecular formula is C19H11F2N3O3S. The summed E-state index contributed by atoms with van der Waals surface area (Å²) in [7, 11) is 0. The van der Waals surface area contributed by atoms with E-state index in [4.69, 9.17) is 5.11 Å². The SMILES string of the molecule is O=C1C=C(Nc2cc(F)c(O)c(F)c2)C(=O)N1c1ccc(-c2cscn2)cc1. The summed E-state index contributed by atoms with van der Waals surface area (Å²) < 4.78 is 26.9. The van der Waals surface area contributed by atoms with Crippen molar-refractivity contribution in [2.75, 3.05) is 10.2 Å². The molecule has 0 atom stereocenters. The minimum absolute atomic E-state index is 0.110. The number of imide groups is 1. The number of phenolic OH excluding ortho intramolecular Hbond substituents is 1. The van der Waals surface area contributed by atoms with Crippen molar-refractivity contribution in [3.63, 3.8) is 0 Å². The molecule has 28 heavy (non-hydrogen) atoms. The Balaban J connectivity index is 1.56. The first-order chi connectivity index (χ1) is 13.4. The van der Waals surface area contributed by atoms with Crippen molar-refractivity contribution in [3.05, 3.63) is 70.7 Å². The number of nitrogens with one attached hydrogen (secondary N) is 1. The number of anilines is 2. The molecule has 1 aliphatic heterocycles. The lowest BCUT2D eigenvalue weighted by Crippen LogP contribution is -2.31. The molecule has 0 spiro atoms. The van der Waals surface area contributed by atoms with Crippen LogP contribution >= 0.6 is 11.3 Å². The largest absolute Gasteiger partial charge is 0.503 e. The summed E-state index contributed by atoms with van der Waals surface area (Å²) >= 11 is 1.45. The molecule has 9 heteroatoms. The van der Waals surface area contributed by atoms with Gasteiger partial charge in [0.2, 0.25) is 0 Å². The Morgan fingerprint density at radius 2 is 1.75 bits per heavy atom. The molecule has 0 saturated carbocycles. The molecular weight excluding hydrogens is 388 g/mol. The topological polar surface area (TPSA) is 82.5 Å². The summed E-state index contributed by atoms with van der Waals surface area (Å²) in [4.78, 5) is 30.0. The van der Waals surface area contributed by atoms with Crippen molar-refractivity contribution in [2.45, 2.75) is 0 Å². The number of halogens is 2. The predicted octanol–water partition coefficient (Wildman–Crippen LogP) is 3.66. The molecule has 0 unspecified atom stereocenters. The highest BCUT2D eigenvalue weighted by Gasteiger charge is 2.32. The van der Waals surface area contributed by atoms with Crippen LogP contribution in [0.15, 0.2) is 59.1 Å². The maximum absolute atomic E-state index is 13.5. The number of carbonyl (C=O) groups excluding carboxylic acids is 2. The lowest BCUT2D eigenvalue weighted by molar-refractivity contribution is -0.120. The van der Waals surface area contributed by atoms with E-state index >= 15 is 0 Å². The van der Waals surface area contributed by atoms with E-state index in [2.05, 4.69) is 10.3 Å². The van der Waals surface area contributed by atoms with E-state index in [1.165, 1.54) is 11.3 Å². The van der Waals surface area contributed by atoms with Gasteiger partial charge in [0.15, 0.2) is 17.4 Å². The van der Waals surface area contributed by atoms with E-state index in [1.807, 2.05) is 5.38 Å². The van der Waals surface area contributed by atoms with Gasteiger partial charge in [-0.1, -0.05) is 12.1 Å². The Hall–Kier alpha value is -3.59.